The Labute approximate surface area is 178 Å². The Hall–Kier alpha value is -2.59. The van der Waals surface area contributed by atoms with Gasteiger partial charge in [0.1, 0.15) is 15.4 Å². The number of ether oxygens (including phenoxy) is 3. The first kappa shape index (κ1) is 24.4. The van der Waals surface area contributed by atoms with E-state index in [2.05, 4.69) is 14.8 Å². The number of hydrogen-bond acceptors (Lipinski definition) is 9. The summed E-state index contributed by atoms with van der Waals surface area (Å²) in [4.78, 5) is 35.0. The Morgan fingerprint density at radius 1 is 0.931 bits per heavy atom. The van der Waals surface area contributed by atoms with Crippen LogP contribution in [0.25, 0.3) is 0 Å². The SMILES string of the molecule is COC(=O)c1sc(N)cc1C.COC(=O)c1sc(NC(=O)OC(C)(C)C)cc1C. The number of carbonyl (C=O) groups excluding carboxylic acids is 3. The second-order valence-electron chi connectivity index (χ2n) is 6.89. The number of amides is 1. The summed E-state index contributed by atoms with van der Waals surface area (Å²) in [6.07, 6.45) is -0.542. The Morgan fingerprint density at radius 2 is 1.41 bits per heavy atom. The van der Waals surface area contributed by atoms with Crippen molar-refractivity contribution in [2.24, 2.45) is 0 Å². The minimum absolute atomic E-state index is 0.316. The third-order valence-electron chi connectivity index (χ3n) is 3.22. The number of rotatable bonds is 3. The number of hydrogen-bond donors (Lipinski definition) is 2. The van der Waals surface area contributed by atoms with Gasteiger partial charge < -0.3 is 19.9 Å². The van der Waals surface area contributed by atoms with Crippen LogP contribution in [-0.4, -0.2) is 37.9 Å². The zero-order chi connectivity index (χ0) is 22.4. The first-order chi connectivity index (χ1) is 13.4. The van der Waals surface area contributed by atoms with E-state index in [1.54, 1.807) is 39.8 Å². The summed E-state index contributed by atoms with van der Waals surface area (Å²) in [6.45, 7) is 8.96. The van der Waals surface area contributed by atoms with Crippen molar-refractivity contribution in [2.75, 3.05) is 25.3 Å². The molecule has 0 radical (unpaired) electrons. The van der Waals surface area contributed by atoms with Crippen molar-refractivity contribution in [3.05, 3.63) is 33.0 Å². The van der Waals surface area contributed by atoms with Crippen molar-refractivity contribution in [2.45, 2.75) is 40.2 Å². The van der Waals surface area contributed by atoms with E-state index in [4.69, 9.17) is 10.5 Å². The van der Waals surface area contributed by atoms with Gasteiger partial charge in [0.05, 0.1) is 24.2 Å². The van der Waals surface area contributed by atoms with Gasteiger partial charge >= 0.3 is 18.0 Å². The number of esters is 2. The molecule has 2 rings (SSSR count). The fourth-order valence-electron chi connectivity index (χ4n) is 2.05. The second kappa shape index (κ2) is 10.3. The largest absolute Gasteiger partial charge is 0.465 e. The molecule has 8 nitrogen and oxygen atoms in total. The minimum Gasteiger partial charge on any atom is -0.465 e. The highest BCUT2D eigenvalue weighted by Crippen LogP contribution is 2.27. The van der Waals surface area contributed by atoms with Crippen molar-refractivity contribution >= 4 is 50.7 Å². The van der Waals surface area contributed by atoms with Crippen LogP contribution < -0.4 is 11.1 Å². The van der Waals surface area contributed by atoms with E-state index in [1.807, 2.05) is 6.92 Å². The van der Waals surface area contributed by atoms with Crippen molar-refractivity contribution in [3.8, 4) is 0 Å². The molecule has 0 unspecified atom stereocenters. The van der Waals surface area contributed by atoms with Gasteiger partial charge in [-0.3, -0.25) is 5.32 Å². The van der Waals surface area contributed by atoms with Crippen molar-refractivity contribution in [3.63, 3.8) is 0 Å². The fraction of sp³-hybridized carbons (Fsp3) is 0.421. The number of nitrogens with two attached hydrogens (primary N) is 1. The van der Waals surface area contributed by atoms with Gasteiger partial charge in [0.15, 0.2) is 0 Å². The smallest absolute Gasteiger partial charge is 0.412 e. The summed E-state index contributed by atoms with van der Waals surface area (Å²) in [5.41, 5.74) is 6.57. The van der Waals surface area contributed by atoms with Crippen LogP contribution in [0.2, 0.25) is 0 Å². The van der Waals surface area contributed by atoms with Gasteiger partial charge in [0.25, 0.3) is 0 Å². The van der Waals surface area contributed by atoms with Crippen LogP contribution in [0.1, 0.15) is 51.2 Å². The zero-order valence-electron chi connectivity index (χ0n) is 17.5. The number of nitrogens with one attached hydrogen (secondary N) is 1. The molecule has 0 fully saturated rings. The topological polar surface area (TPSA) is 117 Å². The molecule has 0 spiro atoms. The first-order valence-corrected chi connectivity index (χ1v) is 10.1. The Bertz CT molecular complexity index is 880. The molecule has 0 saturated carbocycles. The molecule has 0 aliphatic heterocycles. The van der Waals surface area contributed by atoms with Crippen LogP contribution in [0.5, 0.6) is 0 Å². The summed E-state index contributed by atoms with van der Waals surface area (Å²) >= 11 is 2.41. The number of anilines is 2. The third-order valence-corrected chi connectivity index (χ3v) is 5.40. The van der Waals surface area contributed by atoms with E-state index in [9.17, 15) is 14.4 Å². The van der Waals surface area contributed by atoms with Crippen LogP contribution in [0.15, 0.2) is 12.1 Å². The van der Waals surface area contributed by atoms with Crippen molar-refractivity contribution < 1.29 is 28.6 Å². The zero-order valence-corrected chi connectivity index (χ0v) is 19.1. The molecule has 0 bridgehead atoms. The highest BCUT2D eigenvalue weighted by atomic mass is 32.1. The molecule has 0 atom stereocenters. The molecule has 2 aromatic heterocycles. The lowest BCUT2D eigenvalue weighted by Crippen LogP contribution is -2.26. The van der Waals surface area contributed by atoms with Gasteiger partial charge in [-0.25, -0.2) is 14.4 Å². The molecule has 1 amide bonds. The van der Waals surface area contributed by atoms with E-state index in [1.165, 1.54) is 25.6 Å². The molecule has 0 aliphatic carbocycles. The van der Waals surface area contributed by atoms with Crippen LogP contribution in [0.4, 0.5) is 14.8 Å². The average Bonchev–Trinajstić information content (AvgIpc) is 3.13. The number of nitrogen functional groups attached to an aromatic ring is 1. The number of methoxy groups -OCH3 is 2. The number of aryl methyl sites for hydroxylation is 2. The van der Waals surface area contributed by atoms with Crippen LogP contribution in [0.3, 0.4) is 0 Å². The predicted molar refractivity (Wildman–Crippen MR) is 115 cm³/mol. The summed E-state index contributed by atoms with van der Waals surface area (Å²) in [6, 6.07) is 3.47. The monoisotopic (exact) mass is 442 g/mol. The standard InChI is InChI=1S/C12H17NO4S.C7H9NO2S/c1-7-6-8(18-9(7)10(14)16-5)13-11(15)17-12(2,3)4;1-4-3-5(8)11-6(4)7(9)10-2/h6H,1-5H3,(H,13,15);3H,8H2,1-2H3. The lowest BCUT2D eigenvalue weighted by Gasteiger charge is -2.19. The molecular weight excluding hydrogens is 416 g/mol. The van der Waals surface area contributed by atoms with E-state index in [-0.39, 0.29) is 5.97 Å². The minimum atomic E-state index is -0.554. The molecule has 0 aliphatic rings. The second-order valence-corrected chi connectivity index (χ2v) is 9.03. The van der Waals surface area contributed by atoms with Crippen molar-refractivity contribution in [1.29, 1.82) is 0 Å². The van der Waals surface area contributed by atoms with Gasteiger partial charge in [-0.2, -0.15) is 0 Å². The maximum Gasteiger partial charge on any atom is 0.412 e. The maximum absolute atomic E-state index is 11.5. The number of carbonyl (C=O) groups is 3. The molecule has 2 heterocycles. The van der Waals surface area contributed by atoms with Crippen LogP contribution in [-0.2, 0) is 14.2 Å². The average molecular weight is 443 g/mol. The van der Waals surface area contributed by atoms with Gasteiger partial charge in [0.2, 0.25) is 0 Å². The molecule has 2 aromatic rings. The highest BCUT2D eigenvalue weighted by molar-refractivity contribution is 7.18. The van der Waals surface area contributed by atoms with Crippen LogP contribution in [0, 0.1) is 13.8 Å². The Kier molecular flexibility index (Phi) is 8.65. The third kappa shape index (κ3) is 7.74. The molecular formula is C19H26N2O6S2. The van der Waals surface area contributed by atoms with Gasteiger partial charge in [-0.05, 0) is 57.9 Å². The predicted octanol–water partition coefficient (Wildman–Crippen LogP) is 4.62. The quantitative estimate of drug-likeness (QED) is 0.526. The highest BCUT2D eigenvalue weighted by Gasteiger charge is 2.19. The molecule has 3 N–H and O–H groups in total. The summed E-state index contributed by atoms with van der Waals surface area (Å²) in [5, 5.41) is 3.79. The molecule has 0 aromatic carbocycles. The van der Waals surface area contributed by atoms with Crippen LogP contribution >= 0.6 is 22.7 Å². The first-order valence-electron chi connectivity index (χ1n) is 8.51. The molecule has 29 heavy (non-hydrogen) atoms. The Morgan fingerprint density at radius 3 is 1.83 bits per heavy atom. The van der Waals surface area contributed by atoms with E-state index in [0.717, 1.165) is 22.5 Å². The molecule has 0 saturated heterocycles. The lowest BCUT2D eigenvalue weighted by molar-refractivity contribution is 0.0596. The van der Waals surface area contributed by atoms with Gasteiger partial charge in [0, 0.05) is 0 Å². The van der Waals surface area contributed by atoms with Crippen molar-refractivity contribution in [1.82, 2.24) is 0 Å². The normalized spacial score (nSPS) is 10.4. The summed E-state index contributed by atoms with van der Waals surface area (Å²) in [5.74, 6) is -0.723. The van der Waals surface area contributed by atoms with E-state index < -0.39 is 17.7 Å². The summed E-state index contributed by atoms with van der Waals surface area (Å²) in [7, 11) is 2.68. The Balaban J connectivity index is 0.000000326. The van der Waals surface area contributed by atoms with E-state index in [0.29, 0.717) is 19.8 Å². The lowest BCUT2D eigenvalue weighted by atomic mass is 10.2. The maximum atomic E-state index is 11.5. The van der Waals surface area contributed by atoms with E-state index >= 15 is 0 Å². The molecule has 160 valence electrons. The molecule has 10 heteroatoms. The number of thiophene rings is 2. The van der Waals surface area contributed by atoms with Gasteiger partial charge in [-0.15, -0.1) is 22.7 Å². The summed E-state index contributed by atoms with van der Waals surface area (Å²) < 4.78 is 14.3. The van der Waals surface area contributed by atoms with Gasteiger partial charge in [-0.1, -0.05) is 0 Å². The fourth-order valence-corrected chi connectivity index (χ4v) is 3.88.